The van der Waals surface area contributed by atoms with Gasteiger partial charge in [0, 0.05) is 45.2 Å². The van der Waals surface area contributed by atoms with E-state index >= 15 is 0 Å². The van der Waals surface area contributed by atoms with Gasteiger partial charge in [-0.15, -0.1) is 11.3 Å². The molecule has 132 valence electrons. The number of piperazine rings is 1. The summed E-state index contributed by atoms with van der Waals surface area (Å²) < 4.78 is 0. The maximum atomic E-state index is 12.8. The van der Waals surface area contributed by atoms with E-state index in [9.17, 15) is 9.59 Å². The first kappa shape index (κ1) is 17.4. The van der Waals surface area contributed by atoms with E-state index in [-0.39, 0.29) is 11.8 Å². The van der Waals surface area contributed by atoms with Crippen molar-refractivity contribution in [2.24, 2.45) is 0 Å². The van der Waals surface area contributed by atoms with Gasteiger partial charge in [-0.2, -0.15) is 0 Å². The van der Waals surface area contributed by atoms with Gasteiger partial charge in [-0.05, 0) is 37.3 Å². The molecule has 2 amide bonds. The lowest BCUT2D eigenvalue weighted by Crippen LogP contribution is -2.50. The molecule has 2 heterocycles. The minimum absolute atomic E-state index is 0.122. The molecular weight excluding hydrogens is 322 g/mol. The quantitative estimate of drug-likeness (QED) is 0.783. The summed E-state index contributed by atoms with van der Waals surface area (Å²) >= 11 is 1.70. The van der Waals surface area contributed by atoms with Crippen molar-refractivity contribution in [2.45, 2.75) is 32.1 Å². The lowest BCUT2D eigenvalue weighted by molar-refractivity contribution is -0.130. The third-order valence-corrected chi connectivity index (χ3v) is 6.20. The third-order valence-electron chi connectivity index (χ3n) is 4.97. The molecule has 0 spiro atoms. The van der Waals surface area contributed by atoms with Crippen LogP contribution in [0, 0.1) is 0 Å². The Morgan fingerprint density at radius 1 is 1.08 bits per heavy atom. The molecule has 24 heavy (non-hydrogen) atoms. The number of thiophene rings is 1. The Morgan fingerprint density at radius 2 is 1.79 bits per heavy atom. The summed E-state index contributed by atoms with van der Waals surface area (Å²) in [5, 5.41) is 0. The van der Waals surface area contributed by atoms with Crippen LogP contribution in [0.1, 0.15) is 39.4 Å². The number of likely N-dealkylation sites (N-methyl/N-ethyl adjacent to an activating group) is 1. The fraction of sp³-hybridized carbons (Fsp3) is 0.667. The molecule has 1 saturated heterocycles. The van der Waals surface area contributed by atoms with Gasteiger partial charge in [0.25, 0.3) is 5.91 Å². The van der Waals surface area contributed by atoms with Crippen LogP contribution in [0.3, 0.4) is 0 Å². The number of rotatable bonds is 3. The number of hydrogen-bond donors (Lipinski definition) is 0. The number of carbonyl (C=O) groups excluding carboxylic acids is 2. The van der Waals surface area contributed by atoms with Crippen molar-refractivity contribution in [1.82, 2.24) is 14.7 Å². The third kappa shape index (κ3) is 3.98. The van der Waals surface area contributed by atoms with E-state index in [1.807, 2.05) is 4.90 Å². The molecule has 0 atom stereocenters. The fourth-order valence-corrected chi connectivity index (χ4v) is 4.59. The highest BCUT2D eigenvalue weighted by Gasteiger charge is 2.25. The Bertz CT molecular complexity index is 580. The van der Waals surface area contributed by atoms with Gasteiger partial charge in [0.05, 0.1) is 11.4 Å². The molecule has 2 aliphatic rings. The topological polar surface area (TPSA) is 43.9 Å². The first-order valence-corrected chi connectivity index (χ1v) is 9.69. The summed E-state index contributed by atoms with van der Waals surface area (Å²) in [4.78, 5) is 32.6. The first-order chi connectivity index (χ1) is 11.5. The summed E-state index contributed by atoms with van der Waals surface area (Å²) in [6.07, 6.45) is 6.06. The second-order valence-corrected chi connectivity index (χ2v) is 8.11. The molecule has 0 bridgehead atoms. The minimum atomic E-state index is 0.122. The number of aryl methyl sites for hydroxylation is 2. The zero-order valence-electron chi connectivity index (χ0n) is 14.7. The van der Waals surface area contributed by atoms with Crippen molar-refractivity contribution in [1.29, 1.82) is 0 Å². The Kier molecular flexibility index (Phi) is 5.56. The predicted molar refractivity (Wildman–Crippen MR) is 96.6 cm³/mol. The molecule has 0 radical (unpaired) electrons. The lowest BCUT2D eigenvalue weighted by atomic mass is 10.1. The number of hydrogen-bond acceptors (Lipinski definition) is 4. The molecule has 1 aromatic rings. The average Bonchev–Trinajstić information content (AvgIpc) is 2.85. The number of amides is 2. The van der Waals surface area contributed by atoms with Crippen LogP contribution in [0.25, 0.3) is 0 Å². The molecule has 3 rings (SSSR count). The number of nitrogens with zero attached hydrogens (tertiary/aromatic N) is 3. The van der Waals surface area contributed by atoms with Gasteiger partial charge >= 0.3 is 0 Å². The van der Waals surface area contributed by atoms with Crippen molar-refractivity contribution in [2.75, 3.05) is 46.8 Å². The Balaban J connectivity index is 1.56. The molecule has 1 aromatic heterocycles. The summed E-state index contributed by atoms with van der Waals surface area (Å²) in [5.74, 6) is 0.295. The predicted octanol–water partition coefficient (Wildman–Crippen LogP) is 1.86. The van der Waals surface area contributed by atoms with Crippen molar-refractivity contribution >= 4 is 23.2 Å². The van der Waals surface area contributed by atoms with E-state index in [1.54, 1.807) is 30.3 Å². The maximum absolute atomic E-state index is 12.8. The Morgan fingerprint density at radius 3 is 2.50 bits per heavy atom. The highest BCUT2D eigenvalue weighted by Crippen LogP contribution is 2.29. The number of fused-ring (bicyclic) bond motifs is 1. The molecule has 5 nitrogen and oxygen atoms in total. The number of carbonyl (C=O) groups is 2. The van der Waals surface area contributed by atoms with Crippen molar-refractivity contribution in [3.8, 4) is 0 Å². The van der Waals surface area contributed by atoms with Crippen LogP contribution < -0.4 is 0 Å². The molecule has 0 saturated carbocycles. The minimum Gasteiger partial charge on any atom is -0.348 e. The van der Waals surface area contributed by atoms with Crippen LogP contribution in [-0.2, 0) is 17.6 Å². The van der Waals surface area contributed by atoms with E-state index in [0.717, 1.165) is 30.8 Å². The van der Waals surface area contributed by atoms with Gasteiger partial charge in [-0.3, -0.25) is 14.5 Å². The van der Waals surface area contributed by atoms with Gasteiger partial charge in [0.15, 0.2) is 0 Å². The maximum Gasteiger partial charge on any atom is 0.264 e. The van der Waals surface area contributed by atoms with Gasteiger partial charge in [-0.25, -0.2) is 0 Å². The first-order valence-electron chi connectivity index (χ1n) is 8.88. The summed E-state index contributed by atoms with van der Waals surface area (Å²) in [7, 11) is 3.56. The van der Waals surface area contributed by atoms with E-state index < -0.39 is 0 Å². The van der Waals surface area contributed by atoms with Gasteiger partial charge < -0.3 is 9.80 Å². The lowest BCUT2D eigenvalue weighted by Gasteiger charge is -2.34. The summed E-state index contributed by atoms with van der Waals surface area (Å²) in [6, 6.07) is 2.13. The molecule has 1 fully saturated rings. The molecule has 0 unspecified atom stereocenters. The second-order valence-electron chi connectivity index (χ2n) is 6.98. The van der Waals surface area contributed by atoms with Gasteiger partial charge in [0.2, 0.25) is 5.91 Å². The monoisotopic (exact) mass is 349 g/mol. The smallest absolute Gasteiger partial charge is 0.264 e. The summed E-state index contributed by atoms with van der Waals surface area (Å²) in [5.41, 5.74) is 1.40. The molecular formula is C18H27N3O2S. The molecule has 6 heteroatoms. The van der Waals surface area contributed by atoms with E-state index in [4.69, 9.17) is 0 Å². The average molecular weight is 350 g/mol. The van der Waals surface area contributed by atoms with Crippen molar-refractivity contribution in [3.05, 3.63) is 21.4 Å². The molecule has 0 aromatic carbocycles. The van der Waals surface area contributed by atoms with E-state index in [0.29, 0.717) is 19.6 Å². The fourth-order valence-electron chi connectivity index (χ4n) is 3.37. The zero-order chi connectivity index (χ0) is 17.1. The van der Waals surface area contributed by atoms with E-state index in [1.165, 1.54) is 29.7 Å². The normalized spacial score (nSPS) is 18.8. The largest absolute Gasteiger partial charge is 0.348 e. The van der Waals surface area contributed by atoms with Crippen molar-refractivity contribution < 1.29 is 9.59 Å². The van der Waals surface area contributed by atoms with Crippen LogP contribution in [0.2, 0.25) is 0 Å². The van der Waals surface area contributed by atoms with Crippen LogP contribution in [-0.4, -0.2) is 73.3 Å². The highest BCUT2D eigenvalue weighted by atomic mass is 32.1. The standard InChI is InChI=1S/C18H27N3O2S/c1-19(2)17(22)13-20-8-10-21(11-9-20)18(23)16-12-14-6-4-3-5-7-15(14)24-16/h12H,3-11,13H2,1-2H3. The zero-order valence-corrected chi connectivity index (χ0v) is 15.5. The van der Waals surface area contributed by atoms with Crippen molar-refractivity contribution in [3.63, 3.8) is 0 Å². The van der Waals surface area contributed by atoms with Crippen LogP contribution in [0.5, 0.6) is 0 Å². The molecule has 1 aliphatic heterocycles. The van der Waals surface area contributed by atoms with Crippen LogP contribution in [0.15, 0.2) is 6.07 Å². The molecule has 0 N–H and O–H groups in total. The molecule has 1 aliphatic carbocycles. The second kappa shape index (κ2) is 7.66. The highest BCUT2D eigenvalue weighted by molar-refractivity contribution is 7.14. The Labute approximate surface area is 148 Å². The SMILES string of the molecule is CN(C)C(=O)CN1CCN(C(=O)c2cc3c(s2)CCCCC3)CC1. The van der Waals surface area contributed by atoms with Gasteiger partial charge in [-0.1, -0.05) is 6.42 Å². The summed E-state index contributed by atoms with van der Waals surface area (Å²) in [6.45, 7) is 3.42. The Hall–Kier alpha value is -1.40. The van der Waals surface area contributed by atoms with Gasteiger partial charge in [0.1, 0.15) is 0 Å². The van der Waals surface area contributed by atoms with Crippen LogP contribution in [0.4, 0.5) is 0 Å². The van der Waals surface area contributed by atoms with E-state index in [2.05, 4.69) is 11.0 Å². The van der Waals surface area contributed by atoms with Crippen LogP contribution >= 0.6 is 11.3 Å².